The van der Waals surface area contributed by atoms with E-state index in [-0.39, 0.29) is 36.0 Å². The van der Waals surface area contributed by atoms with Crippen LogP contribution in [0.15, 0.2) is 34.6 Å². The maximum absolute atomic E-state index is 12.2. The van der Waals surface area contributed by atoms with Crippen LogP contribution in [-0.4, -0.2) is 56.0 Å². The minimum absolute atomic E-state index is 0. The highest BCUT2D eigenvalue weighted by Gasteiger charge is 2.12. The summed E-state index contributed by atoms with van der Waals surface area (Å²) in [6.07, 6.45) is -0.00138. The number of halogens is 1. The summed E-state index contributed by atoms with van der Waals surface area (Å²) >= 11 is 1.60. The second-order valence-corrected chi connectivity index (χ2v) is 7.40. The molecule has 29 heavy (non-hydrogen) atoms. The molecule has 2 rings (SSSR count). The summed E-state index contributed by atoms with van der Waals surface area (Å²) < 4.78 is 5.31. The molecular weight excluding hydrogens is 501 g/mol. The first kappa shape index (κ1) is 25.3. The molecule has 2 aromatic rings. The highest BCUT2D eigenvalue weighted by Crippen LogP contribution is 2.20. The van der Waals surface area contributed by atoms with Gasteiger partial charge in [-0.05, 0) is 26.0 Å². The third-order valence-corrected chi connectivity index (χ3v) is 5.27. The van der Waals surface area contributed by atoms with Crippen LogP contribution in [0.4, 0.5) is 0 Å². The fourth-order valence-electron chi connectivity index (χ4n) is 2.62. The summed E-state index contributed by atoms with van der Waals surface area (Å²) in [4.78, 5) is 23.1. The van der Waals surface area contributed by atoms with Crippen molar-refractivity contribution < 1.29 is 9.53 Å². The first-order valence-electron chi connectivity index (χ1n) is 9.18. The van der Waals surface area contributed by atoms with Gasteiger partial charge in [0.1, 0.15) is 11.1 Å². The molecule has 160 valence electrons. The fraction of sp³-hybridized carbons (Fsp3) is 0.450. The van der Waals surface area contributed by atoms with Crippen molar-refractivity contribution in [3.05, 3.63) is 51.5 Å². The van der Waals surface area contributed by atoms with Gasteiger partial charge in [-0.25, -0.2) is 4.98 Å². The Morgan fingerprint density at radius 2 is 2.07 bits per heavy atom. The number of hydrogen-bond acceptors (Lipinski definition) is 5. The number of benzene rings is 1. The second-order valence-electron chi connectivity index (χ2n) is 6.51. The molecule has 0 saturated carbocycles. The number of carbonyl (C=O) groups is 1. The van der Waals surface area contributed by atoms with Crippen molar-refractivity contribution in [2.75, 3.05) is 34.3 Å². The normalized spacial score (nSPS) is 12.1. The molecule has 0 saturated heterocycles. The first-order chi connectivity index (χ1) is 13.4. The lowest BCUT2D eigenvalue weighted by Gasteiger charge is -2.21. The van der Waals surface area contributed by atoms with Gasteiger partial charge in [-0.1, -0.05) is 17.7 Å². The molecule has 0 aliphatic rings. The van der Waals surface area contributed by atoms with Crippen LogP contribution in [-0.2, 0) is 11.3 Å². The lowest BCUT2D eigenvalue weighted by Crippen LogP contribution is -2.42. The molecule has 9 heteroatoms. The number of aryl methyl sites for hydroxylation is 1. The van der Waals surface area contributed by atoms with Crippen molar-refractivity contribution >= 4 is 47.2 Å². The van der Waals surface area contributed by atoms with Crippen LogP contribution < -0.4 is 10.6 Å². The minimum atomic E-state index is -0.0730. The van der Waals surface area contributed by atoms with Gasteiger partial charge in [0.05, 0.1) is 12.2 Å². The Hall–Kier alpha value is -1.72. The molecule has 1 atom stereocenters. The van der Waals surface area contributed by atoms with Crippen LogP contribution >= 0.6 is 35.3 Å². The van der Waals surface area contributed by atoms with Crippen molar-refractivity contribution in [1.29, 1.82) is 0 Å². The number of carbonyl (C=O) groups excluding carboxylic acids is 1. The van der Waals surface area contributed by atoms with E-state index in [1.54, 1.807) is 25.5 Å². The van der Waals surface area contributed by atoms with Crippen LogP contribution in [0, 0.1) is 6.92 Å². The quantitative estimate of drug-likeness (QED) is 0.237. The molecule has 0 bridgehead atoms. The van der Waals surface area contributed by atoms with E-state index in [9.17, 15) is 4.79 Å². The summed E-state index contributed by atoms with van der Waals surface area (Å²) in [5.41, 5.74) is 2.71. The van der Waals surface area contributed by atoms with Crippen LogP contribution in [0.1, 0.15) is 39.7 Å². The van der Waals surface area contributed by atoms with Gasteiger partial charge >= 0.3 is 0 Å². The Bertz CT molecular complexity index is 812. The van der Waals surface area contributed by atoms with Crippen molar-refractivity contribution in [2.45, 2.75) is 26.5 Å². The Balaban J connectivity index is 0.00000420. The second kappa shape index (κ2) is 12.8. The molecule has 2 N–H and O–H groups in total. The molecular formula is C20H30IN5O2S. The van der Waals surface area contributed by atoms with Gasteiger partial charge < -0.3 is 20.3 Å². The number of nitrogens with zero attached hydrogens (tertiary/aromatic N) is 3. The standard InChI is InChI=1S/C20H29N5O2S.HI/c1-14-7-6-8-16(11-14)18(26)22-9-10-23-20(21-3)25(4)12-17-13-28-19(24-17)15(2)27-5;/h6-8,11,13,15H,9-10,12H2,1-5H3,(H,21,23)(H,22,26);1H. The Labute approximate surface area is 194 Å². The minimum Gasteiger partial charge on any atom is -0.375 e. The van der Waals surface area contributed by atoms with Crippen molar-refractivity contribution in [2.24, 2.45) is 4.99 Å². The number of ether oxygens (including phenoxy) is 1. The molecule has 0 radical (unpaired) electrons. The highest BCUT2D eigenvalue weighted by atomic mass is 127. The SMILES string of the molecule is CN=C(NCCNC(=O)c1cccc(C)c1)N(C)Cc1csc(C(C)OC)n1.I. The Morgan fingerprint density at radius 1 is 1.34 bits per heavy atom. The maximum Gasteiger partial charge on any atom is 0.251 e. The van der Waals surface area contributed by atoms with Crippen LogP contribution in [0.5, 0.6) is 0 Å². The average molecular weight is 531 g/mol. The van der Waals surface area contributed by atoms with Crippen LogP contribution in [0.2, 0.25) is 0 Å². The maximum atomic E-state index is 12.2. The lowest BCUT2D eigenvalue weighted by molar-refractivity contribution is 0.0954. The zero-order chi connectivity index (χ0) is 20.5. The fourth-order valence-corrected chi connectivity index (χ4v) is 3.47. The van der Waals surface area contributed by atoms with Gasteiger partial charge in [-0.2, -0.15) is 0 Å². The van der Waals surface area contributed by atoms with E-state index in [1.807, 2.05) is 55.4 Å². The van der Waals surface area contributed by atoms with Crippen molar-refractivity contribution in [3.8, 4) is 0 Å². The lowest BCUT2D eigenvalue weighted by atomic mass is 10.1. The number of aliphatic imine (C=N–C) groups is 1. The number of hydrogen-bond donors (Lipinski definition) is 2. The molecule has 1 amide bonds. The van der Waals surface area contributed by atoms with Crippen molar-refractivity contribution in [1.82, 2.24) is 20.5 Å². The zero-order valence-electron chi connectivity index (χ0n) is 17.6. The van der Waals surface area contributed by atoms with E-state index in [0.29, 0.717) is 25.2 Å². The number of guanidine groups is 1. The van der Waals surface area contributed by atoms with Gasteiger partial charge in [-0.3, -0.25) is 9.79 Å². The summed E-state index contributed by atoms with van der Waals surface area (Å²) in [5, 5.41) is 9.18. The van der Waals surface area contributed by atoms with Gasteiger partial charge in [-0.15, -0.1) is 35.3 Å². The Morgan fingerprint density at radius 3 is 2.72 bits per heavy atom. The monoisotopic (exact) mass is 531 g/mol. The molecule has 1 aromatic heterocycles. The number of rotatable bonds is 8. The van der Waals surface area contributed by atoms with E-state index in [2.05, 4.69) is 20.6 Å². The zero-order valence-corrected chi connectivity index (χ0v) is 20.7. The largest absolute Gasteiger partial charge is 0.375 e. The smallest absolute Gasteiger partial charge is 0.251 e. The third kappa shape index (κ3) is 7.90. The summed E-state index contributed by atoms with van der Waals surface area (Å²) in [5.74, 6) is 0.676. The molecule has 0 fully saturated rings. The van der Waals surface area contributed by atoms with Crippen LogP contribution in [0.3, 0.4) is 0 Å². The van der Waals surface area contributed by atoms with E-state index in [1.165, 1.54) is 0 Å². The van der Waals surface area contributed by atoms with Gasteiger partial charge in [0.15, 0.2) is 5.96 Å². The first-order valence-corrected chi connectivity index (χ1v) is 10.1. The third-order valence-electron chi connectivity index (χ3n) is 4.22. The van der Waals surface area contributed by atoms with E-state index >= 15 is 0 Å². The molecule has 1 aromatic carbocycles. The molecule has 0 aliphatic heterocycles. The van der Waals surface area contributed by atoms with E-state index < -0.39 is 0 Å². The van der Waals surface area contributed by atoms with E-state index in [4.69, 9.17) is 4.74 Å². The predicted octanol–water partition coefficient (Wildman–Crippen LogP) is 3.21. The van der Waals surface area contributed by atoms with E-state index in [0.717, 1.165) is 22.2 Å². The molecule has 0 spiro atoms. The predicted molar refractivity (Wildman–Crippen MR) is 129 cm³/mol. The summed E-state index contributed by atoms with van der Waals surface area (Å²) in [6, 6.07) is 7.55. The Kier molecular flexibility index (Phi) is 11.1. The number of aromatic nitrogens is 1. The van der Waals surface area contributed by atoms with Gasteiger partial charge in [0.2, 0.25) is 0 Å². The topological polar surface area (TPSA) is 78.9 Å². The van der Waals surface area contributed by atoms with Gasteiger partial charge in [0.25, 0.3) is 5.91 Å². The molecule has 1 unspecified atom stereocenters. The highest BCUT2D eigenvalue weighted by molar-refractivity contribution is 14.0. The molecule has 0 aliphatic carbocycles. The number of thiazole rings is 1. The summed E-state index contributed by atoms with van der Waals surface area (Å²) in [6.45, 7) is 5.68. The number of nitrogens with one attached hydrogen (secondary N) is 2. The summed E-state index contributed by atoms with van der Waals surface area (Å²) in [7, 11) is 5.38. The van der Waals surface area contributed by atoms with Gasteiger partial charge in [0, 0.05) is 45.2 Å². The molecule has 7 nitrogen and oxygen atoms in total. The van der Waals surface area contributed by atoms with Crippen molar-refractivity contribution in [3.63, 3.8) is 0 Å². The molecule has 1 heterocycles. The number of amides is 1. The van der Waals surface area contributed by atoms with Crippen LogP contribution in [0.25, 0.3) is 0 Å². The number of methoxy groups -OCH3 is 1. The average Bonchev–Trinajstić information content (AvgIpc) is 3.15.